The number of hydrogen-bond donors (Lipinski definition) is 2. The van der Waals surface area contributed by atoms with Crippen molar-refractivity contribution in [3.8, 4) is 11.5 Å². The van der Waals surface area contributed by atoms with E-state index in [1.807, 2.05) is 85.8 Å². The van der Waals surface area contributed by atoms with Gasteiger partial charge in [0.25, 0.3) is 0 Å². The maximum atomic E-state index is 13.2. The molecule has 0 aromatic heterocycles. The molecule has 3 aromatic carbocycles. The molecule has 6 nitrogen and oxygen atoms in total. The van der Waals surface area contributed by atoms with Crippen LogP contribution in [0.3, 0.4) is 0 Å². The highest BCUT2D eigenvalue weighted by Crippen LogP contribution is 2.28. The number of hydrogen-bond acceptors (Lipinski definition) is 3. The normalized spacial score (nSPS) is 13.2. The molecule has 0 radical (unpaired) electrons. The predicted molar refractivity (Wildman–Crippen MR) is 145 cm³/mol. The first-order valence-electron chi connectivity index (χ1n) is 12.8. The van der Waals surface area contributed by atoms with Gasteiger partial charge in [-0.1, -0.05) is 56.0 Å². The number of amides is 3. The number of carbonyl (C=O) groups is 2. The third-order valence-electron chi connectivity index (χ3n) is 6.55. The van der Waals surface area contributed by atoms with Crippen molar-refractivity contribution < 1.29 is 14.3 Å². The number of rotatable bonds is 10. The van der Waals surface area contributed by atoms with Gasteiger partial charge in [0, 0.05) is 30.9 Å². The van der Waals surface area contributed by atoms with E-state index in [-0.39, 0.29) is 11.9 Å². The van der Waals surface area contributed by atoms with Crippen LogP contribution in [0.15, 0.2) is 78.9 Å². The van der Waals surface area contributed by atoms with Crippen molar-refractivity contribution in [3.63, 3.8) is 0 Å². The monoisotopic (exact) mass is 485 g/mol. The molecule has 1 aliphatic carbocycles. The Balaban J connectivity index is 1.39. The fraction of sp³-hybridized carbons (Fsp3) is 0.333. The van der Waals surface area contributed by atoms with Gasteiger partial charge in [0.15, 0.2) is 0 Å². The molecule has 0 spiro atoms. The summed E-state index contributed by atoms with van der Waals surface area (Å²) in [5.41, 5.74) is 2.52. The number of para-hydroxylation sites is 1. The molecule has 6 heteroatoms. The molecular weight excluding hydrogens is 450 g/mol. The first kappa shape index (κ1) is 25.3. The van der Waals surface area contributed by atoms with Crippen LogP contribution in [-0.4, -0.2) is 25.0 Å². The van der Waals surface area contributed by atoms with Gasteiger partial charge in [-0.05, 0) is 73.4 Å². The Morgan fingerprint density at radius 2 is 1.64 bits per heavy atom. The quantitative estimate of drug-likeness (QED) is 0.328. The molecule has 4 rings (SSSR count). The molecule has 188 valence electrons. The lowest BCUT2D eigenvalue weighted by Crippen LogP contribution is -2.41. The summed E-state index contributed by atoms with van der Waals surface area (Å²) in [5.74, 6) is 2.17. The van der Waals surface area contributed by atoms with Crippen LogP contribution in [0.25, 0.3) is 0 Å². The molecule has 0 bridgehead atoms. The largest absolute Gasteiger partial charge is 0.457 e. The van der Waals surface area contributed by atoms with Crippen molar-refractivity contribution in [1.82, 2.24) is 5.32 Å². The SMILES string of the molecule is Cc1cccc(NC(=O)N(CCNC(=O)CCC2CCCC2)c2ccc(Oc3ccccc3)cc2)c1. The van der Waals surface area contributed by atoms with Gasteiger partial charge in [-0.25, -0.2) is 4.79 Å². The topological polar surface area (TPSA) is 70.7 Å². The Kier molecular flexibility index (Phi) is 8.98. The zero-order chi connectivity index (χ0) is 25.2. The number of anilines is 2. The molecule has 1 aliphatic rings. The molecule has 1 fully saturated rings. The summed E-state index contributed by atoms with van der Waals surface area (Å²) in [4.78, 5) is 27.3. The fourth-order valence-electron chi connectivity index (χ4n) is 4.61. The van der Waals surface area contributed by atoms with E-state index >= 15 is 0 Å². The molecule has 3 amide bonds. The zero-order valence-corrected chi connectivity index (χ0v) is 20.9. The van der Waals surface area contributed by atoms with Gasteiger partial charge in [-0.15, -0.1) is 0 Å². The van der Waals surface area contributed by atoms with E-state index < -0.39 is 0 Å². The first-order valence-corrected chi connectivity index (χ1v) is 12.8. The molecule has 0 atom stereocenters. The summed E-state index contributed by atoms with van der Waals surface area (Å²) < 4.78 is 5.89. The zero-order valence-electron chi connectivity index (χ0n) is 20.9. The number of ether oxygens (including phenoxy) is 1. The van der Waals surface area contributed by atoms with Crippen LogP contribution >= 0.6 is 0 Å². The van der Waals surface area contributed by atoms with Crippen molar-refractivity contribution in [1.29, 1.82) is 0 Å². The minimum atomic E-state index is -0.252. The predicted octanol–water partition coefficient (Wildman–Crippen LogP) is 6.91. The molecule has 0 saturated heterocycles. The Morgan fingerprint density at radius 1 is 0.917 bits per heavy atom. The van der Waals surface area contributed by atoms with E-state index in [2.05, 4.69) is 10.6 Å². The molecule has 0 aliphatic heterocycles. The summed E-state index contributed by atoms with van der Waals surface area (Å²) in [6, 6.07) is 24.4. The highest BCUT2D eigenvalue weighted by Gasteiger charge is 2.18. The minimum Gasteiger partial charge on any atom is -0.457 e. The molecule has 0 unspecified atom stereocenters. The van der Waals surface area contributed by atoms with Gasteiger partial charge in [0.1, 0.15) is 11.5 Å². The van der Waals surface area contributed by atoms with Gasteiger partial charge < -0.3 is 15.4 Å². The fourth-order valence-corrected chi connectivity index (χ4v) is 4.61. The Bertz CT molecular complexity index is 1130. The number of nitrogens with one attached hydrogen (secondary N) is 2. The molecule has 3 aromatic rings. The van der Waals surface area contributed by atoms with E-state index in [4.69, 9.17) is 4.74 Å². The summed E-state index contributed by atoms with van der Waals surface area (Å²) in [5, 5.41) is 5.97. The van der Waals surface area contributed by atoms with Crippen molar-refractivity contribution in [2.45, 2.75) is 45.4 Å². The molecule has 0 heterocycles. The second kappa shape index (κ2) is 12.8. The van der Waals surface area contributed by atoms with Gasteiger partial charge in [-0.3, -0.25) is 9.69 Å². The van der Waals surface area contributed by atoms with E-state index in [1.165, 1.54) is 25.7 Å². The average molecular weight is 486 g/mol. The van der Waals surface area contributed by atoms with E-state index in [0.29, 0.717) is 31.2 Å². The van der Waals surface area contributed by atoms with Crippen molar-refractivity contribution in [3.05, 3.63) is 84.4 Å². The maximum Gasteiger partial charge on any atom is 0.326 e. The number of carbonyl (C=O) groups excluding carboxylic acids is 2. The van der Waals surface area contributed by atoms with Gasteiger partial charge >= 0.3 is 6.03 Å². The van der Waals surface area contributed by atoms with Crippen LogP contribution < -0.4 is 20.3 Å². The maximum absolute atomic E-state index is 13.2. The third-order valence-corrected chi connectivity index (χ3v) is 6.55. The summed E-state index contributed by atoms with van der Waals surface area (Å²) >= 11 is 0. The number of urea groups is 1. The van der Waals surface area contributed by atoms with Crippen LogP contribution in [-0.2, 0) is 4.79 Å². The van der Waals surface area contributed by atoms with Crippen LogP contribution in [0.4, 0.5) is 16.2 Å². The first-order chi connectivity index (χ1) is 17.6. The van der Waals surface area contributed by atoms with E-state index in [0.717, 1.165) is 29.1 Å². The highest BCUT2D eigenvalue weighted by atomic mass is 16.5. The smallest absolute Gasteiger partial charge is 0.326 e. The van der Waals surface area contributed by atoms with Crippen molar-refractivity contribution >= 4 is 23.3 Å². The Labute approximate surface area is 213 Å². The van der Waals surface area contributed by atoms with Crippen molar-refractivity contribution in [2.75, 3.05) is 23.3 Å². The lowest BCUT2D eigenvalue weighted by atomic mass is 10.0. The second-order valence-corrected chi connectivity index (χ2v) is 9.40. The van der Waals surface area contributed by atoms with E-state index in [9.17, 15) is 9.59 Å². The number of aryl methyl sites for hydroxylation is 1. The average Bonchev–Trinajstić information content (AvgIpc) is 3.40. The lowest BCUT2D eigenvalue weighted by Gasteiger charge is -2.24. The van der Waals surface area contributed by atoms with Gasteiger partial charge in [-0.2, -0.15) is 0 Å². The van der Waals surface area contributed by atoms with Crippen LogP contribution in [0.1, 0.15) is 44.1 Å². The van der Waals surface area contributed by atoms with Crippen LogP contribution in [0.5, 0.6) is 11.5 Å². The number of nitrogens with zero attached hydrogens (tertiary/aromatic N) is 1. The van der Waals surface area contributed by atoms with E-state index in [1.54, 1.807) is 4.90 Å². The van der Waals surface area contributed by atoms with Crippen LogP contribution in [0, 0.1) is 12.8 Å². The Hall–Kier alpha value is -3.80. The van der Waals surface area contributed by atoms with Crippen molar-refractivity contribution in [2.24, 2.45) is 5.92 Å². The molecule has 2 N–H and O–H groups in total. The molecule has 36 heavy (non-hydrogen) atoms. The van der Waals surface area contributed by atoms with Gasteiger partial charge in [0.2, 0.25) is 5.91 Å². The highest BCUT2D eigenvalue weighted by molar-refractivity contribution is 6.01. The van der Waals surface area contributed by atoms with Gasteiger partial charge in [0.05, 0.1) is 0 Å². The van der Waals surface area contributed by atoms with Crippen LogP contribution in [0.2, 0.25) is 0 Å². The minimum absolute atomic E-state index is 0.0487. The standard InChI is InChI=1S/C30H35N3O3/c1-23-8-7-11-25(22-23)32-30(35)33(21-20-31-29(34)19-14-24-9-5-6-10-24)26-15-17-28(18-16-26)36-27-12-3-2-4-13-27/h2-4,7-8,11-13,15-18,22,24H,5-6,9-10,14,19-21H2,1H3,(H,31,34)(H,32,35). The number of benzene rings is 3. The summed E-state index contributed by atoms with van der Waals surface area (Å²) in [6.45, 7) is 2.72. The Morgan fingerprint density at radius 3 is 2.36 bits per heavy atom. The third kappa shape index (κ3) is 7.60. The summed E-state index contributed by atoms with van der Waals surface area (Å²) in [6.07, 6.45) is 6.55. The lowest BCUT2D eigenvalue weighted by molar-refractivity contribution is -0.121. The molecule has 1 saturated carbocycles. The second-order valence-electron chi connectivity index (χ2n) is 9.40. The summed E-state index contributed by atoms with van der Waals surface area (Å²) in [7, 11) is 0. The molecular formula is C30H35N3O3.